The van der Waals surface area contributed by atoms with E-state index in [2.05, 4.69) is 24.1 Å². The number of benzene rings is 2. The van der Waals surface area contributed by atoms with Gasteiger partial charge in [-0.15, -0.1) is 0 Å². The predicted molar refractivity (Wildman–Crippen MR) is 126 cm³/mol. The van der Waals surface area contributed by atoms with Crippen LogP contribution in [0.5, 0.6) is 0 Å². The summed E-state index contributed by atoms with van der Waals surface area (Å²) in [5.41, 5.74) is 3.17. The molecule has 3 aliphatic rings. The zero-order chi connectivity index (χ0) is 22.4. The van der Waals surface area contributed by atoms with E-state index >= 15 is 0 Å². The Labute approximate surface area is 190 Å². The summed E-state index contributed by atoms with van der Waals surface area (Å²) in [7, 11) is 0. The second-order valence-corrected chi connectivity index (χ2v) is 8.18. The highest BCUT2D eigenvalue weighted by Gasteiger charge is 2.09. The maximum absolute atomic E-state index is 13.2. The molecule has 160 valence electrons. The lowest BCUT2D eigenvalue weighted by atomic mass is 10.1. The van der Waals surface area contributed by atoms with Gasteiger partial charge < -0.3 is 14.4 Å². The summed E-state index contributed by atoms with van der Waals surface area (Å²) in [5.74, 6) is 0. The van der Waals surface area contributed by atoms with E-state index in [9.17, 15) is 9.90 Å². The van der Waals surface area contributed by atoms with Crippen LogP contribution < -0.4 is 20.7 Å². The smallest absolute Gasteiger partial charge is 0.214 e. The standard InChI is InChI=1S/C24H16N6O2S/c31-13-16-3-6-19-23(24(16)32)30(12-14-1-4-17-20(9-14)26-8-7-25-17)22(11-27-19)15-2-5-18-21(10-15)29-33-28-18/h1-11,13,29,31H,12H2. The average molecular weight is 452 g/mol. The Hall–Kier alpha value is -4.24. The maximum Gasteiger partial charge on any atom is 0.214 e. The molecule has 0 unspecified atom stereocenters. The van der Waals surface area contributed by atoms with Crippen LogP contribution >= 0.6 is 12.1 Å². The van der Waals surface area contributed by atoms with E-state index < -0.39 is 0 Å². The van der Waals surface area contributed by atoms with Crippen molar-refractivity contribution in [2.45, 2.75) is 6.54 Å². The molecule has 8 nitrogen and oxygen atoms in total. The molecule has 3 heterocycles. The number of anilines is 1. The molecule has 2 N–H and O–H groups in total. The zero-order valence-electron chi connectivity index (χ0n) is 17.1. The molecule has 0 fully saturated rings. The van der Waals surface area contributed by atoms with Crippen LogP contribution in [0.2, 0.25) is 0 Å². The summed E-state index contributed by atoms with van der Waals surface area (Å²) in [4.78, 5) is 26.5. The van der Waals surface area contributed by atoms with E-state index in [0.29, 0.717) is 17.2 Å². The summed E-state index contributed by atoms with van der Waals surface area (Å²) in [6.45, 7) is 0.411. The molecule has 1 aromatic heterocycles. The summed E-state index contributed by atoms with van der Waals surface area (Å²) in [6.07, 6.45) is 5.93. The van der Waals surface area contributed by atoms with Crippen LogP contribution in [-0.2, 0) is 6.54 Å². The van der Waals surface area contributed by atoms with E-state index in [0.717, 1.165) is 44.5 Å². The number of nitrogens with zero attached hydrogens (tertiary/aromatic N) is 5. The third-order valence-electron chi connectivity index (χ3n) is 5.63. The Morgan fingerprint density at radius 1 is 1.00 bits per heavy atom. The van der Waals surface area contributed by atoms with Gasteiger partial charge in [-0.3, -0.25) is 19.7 Å². The van der Waals surface area contributed by atoms with Gasteiger partial charge in [0.05, 0.1) is 62.6 Å². The number of fused-ring (bicyclic) bond motifs is 2. The molecule has 0 bridgehead atoms. The lowest BCUT2D eigenvalue weighted by Gasteiger charge is -2.11. The van der Waals surface area contributed by atoms with Gasteiger partial charge in [0, 0.05) is 24.2 Å². The fourth-order valence-electron chi connectivity index (χ4n) is 4.03. The lowest BCUT2D eigenvalue weighted by Crippen LogP contribution is -2.29. The first-order chi connectivity index (χ1) is 16.2. The van der Waals surface area contributed by atoms with Gasteiger partial charge in [-0.25, -0.2) is 0 Å². The highest BCUT2D eigenvalue weighted by atomic mass is 32.2. The monoisotopic (exact) mass is 452 g/mol. The van der Waals surface area contributed by atoms with Crippen LogP contribution in [0.1, 0.15) is 5.56 Å². The Morgan fingerprint density at radius 2 is 1.88 bits per heavy atom. The Balaban J connectivity index is 1.72. The van der Waals surface area contributed by atoms with Crippen LogP contribution in [0.4, 0.5) is 5.69 Å². The minimum absolute atomic E-state index is 0.213. The molecule has 9 heteroatoms. The molecule has 33 heavy (non-hydrogen) atoms. The number of aliphatic hydroxyl groups excluding tert-OH is 1. The van der Waals surface area contributed by atoms with Crippen molar-refractivity contribution in [3.8, 4) is 0 Å². The first-order valence-electron chi connectivity index (χ1n) is 10.2. The van der Waals surface area contributed by atoms with Gasteiger partial charge in [0.2, 0.25) is 5.43 Å². The molecular weight excluding hydrogens is 436 g/mol. The van der Waals surface area contributed by atoms with Gasteiger partial charge >= 0.3 is 0 Å². The van der Waals surface area contributed by atoms with Crippen molar-refractivity contribution in [3.63, 3.8) is 0 Å². The van der Waals surface area contributed by atoms with Gasteiger partial charge in [0.25, 0.3) is 0 Å². The average Bonchev–Trinajstić information content (AvgIpc) is 3.32. The van der Waals surface area contributed by atoms with Crippen molar-refractivity contribution in [1.29, 1.82) is 0 Å². The largest absolute Gasteiger partial charge is 0.515 e. The van der Waals surface area contributed by atoms with Gasteiger partial charge in [-0.1, -0.05) is 12.1 Å². The molecule has 2 aliphatic heterocycles. The summed E-state index contributed by atoms with van der Waals surface area (Å²) in [6, 6.07) is 15.1. The Bertz CT molecular complexity index is 1910. The maximum atomic E-state index is 13.2. The van der Waals surface area contributed by atoms with Crippen molar-refractivity contribution >= 4 is 35.1 Å². The van der Waals surface area contributed by atoms with Crippen LogP contribution in [-0.4, -0.2) is 24.6 Å². The number of hydrogen-bond acceptors (Lipinski definition) is 8. The van der Waals surface area contributed by atoms with Crippen molar-refractivity contribution in [3.05, 3.63) is 115 Å². The fraction of sp³-hybridized carbons (Fsp3) is 0.0417. The fourth-order valence-corrected chi connectivity index (χ4v) is 4.59. The van der Waals surface area contributed by atoms with Gasteiger partial charge in [0.15, 0.2) is 0 Å². The Kier molecular flexibility index (Phi) is 4.55. The normalized spacial score (nSPS) is 14.2. The molecule has 0 saturated heterocycles. The highest BCUT2D eigenvalue weighted by Crippen LogP contribution is 2.16. The summed E-state index contributed by atoms with van der Waals surface area (Å²) in [5, 5.41) is 13.3. The van der Waals surface area contributed by atoms with E-state index in [4.69, 9.17) is 0 Å². The Morgan fingerprint density at radius 3 is 2.76 bits per heavy atom. The first kappa shape index (κ1) is 19.4. The highest BCUT2D eigenvalue weighted by molar-refractivity contribution is 7.99. The van der Waals surface area contributed by atoms with Gasteiger partial charge in [-0.2, -0.15) is 4.40 Å². The second kappa shape index (κ2) is 7.72. The van der Waals surface area contributed by atoms with E-state index in [1.165, 1.54) is 12.1 Å². The SMILES string of the molecule is O=c1c(=CO)ccc2ncc(=c3ccc4c(c3)NSN=4)n(Cc3ccc4nccnc4c3)c1=2. The van der Waals surface area contributed by atoms with Gasteiger partial charge in [-0.05, 0) is 42.0 Å². The number of aromatic nitrogens is 4. The molecule has 0 radical (unpaired) electrons. The third kappa shape index (κ3) is 3.30. The van der Waals surface area contributed by atoms with Crippen molar-refractivity contribution in [1.82, 2.24) is 19.5 Å². The van der Waals surface area contributed by atoms with Crippen LogP contribution in [0, 0.1) is 21.3 Å². The lowest BCUT2D eigenvalue weighted by molar-refractivity contribution is 0.539. The molecule has 6 rings (SSSR count). The minimum atomic E-state index is -0.283. The molecule has 0 atom stereocenters. The number of aliphatic hydroxyl groups is 1. The van der Waals surface area contributed by atoms with E-state index in [-0.39, 0.29) is 10.6 Å². The van der Waals surface area contributed by atoms with Crippen molar-refractivity contribution in [2.24, 2.45) is 4.40 Å². The topological polar surface area (TPSA) is 105 Å². The summed E-state index contributed by atoms with van der Waals surface area (Å²) < 4.78 is 9.44. The predicted octanol–water partition coefficient (Wildman–Crippen LogP) is 2.15. The molecule has 3 aromatic rings. The van der Waals surface area contributed by atoms with Crippen molar-refractivity contribution < 1.29 is 5.11 Å². The van der Waals surface area contributed by atoms with E-state index in [1.807, 2.05) is 41.0 Å². The third-order valence-corrected chi connectivity index (χ3v) is 6.23. The molecule has 2 aromatic carbocycles. The van der Waals surface area contributed by atoms with E-state index in [1.54, 1.807) is 30.7 Å². The zero-order valence-corrected chi connectivity index (χ0v) is 18.0. The van der Waals surface area contributed by atoms with Gasteiger partial charge in [0.1, 0.15) is 5.35 Å². The molecule has 0 spiro atoms. The van der Waals surface area contributed by atoms with Crippen molar-refractivity contribution in [2.75, 3.05) is 4.72 Å². The number of rotatable bonds is 2. The number of hydrogen-bond donors (Lipinski definition) is 2. The number of nitrogens with one attached hydrogen (secondary N) is 1. The second-order valence-electron chi connectivity index (χ2n) is 7.61. The van der Waals surface area contributed by atoms with Crippen LogP contribution in [0.15, 0.2) is 76.3 Å². The molecular formula is C24H16N6O2S. The molecule has 0 amide bonds. The molecule has 0 saturated carbocycles. The first-order valence-corrected chi connectivity index (χ1v) is 11.0. The minimum Gasteiger partial charge on any atom is -0.515 e. The van der Waals surface area contributed by atoms with Crippen LogP contribution in [0.25, 0.3) is 17.3 Å². The van der Waals surface area contributed by atoms with Crippen LogP contribution in [0.3, 0.4) is 0 Å². The summed E-state index contributed by atoms with van der Waals surface area (Å²) >= 11 is 1.28. The molecule has 1 aliphatic carbocycles. The quantitative estimate of drug-likeness (QED) is 0.396.